The lowest BCUT2D eigenvalue weighted by atomic mass is 9.64. The molecule has 1 aromatic carbocycles. The summed E-state index contributed by atoms with van der Waals surface area (Å²) in [7, 11) is 3.39. The summed E-state index contributed by atoms with van der Waals surface area (Å²) in [4.78, 5) is 0. The maximum atomic E-state index is 10.3. The average Bonchev–Trinajstić information content (AvgIpc) is 2.62. The first-order valence-electron chi connectivity index (χ1n) is 7.19. The van der Waals surface area contributed by atoms with Gasteiger partial charge in [-0.1, -0.05) is 20.8 Å². The molecule has 0 aliphatic heterocycles. The first kappa shape index (κ1) is 15.2. The molecule has 2 atom stereocenters. The Morgan fingerprint density at radius 1 is 1.10 bits per heavy atom. The van der Waals surface area contributed by atoms with E-state index in [1.54, 1.807) is 14.2 Å². The molecule has 20 heavy (non-hydrogen) atoms. The molecule has 1 saturated carbocycles. The Balaban J connectivity index is 2.62. The van der Waals surface area contributed by atoms with Gasteiger partial charge in [0.05, 0.1) is 20.3 Å². The first-order valence-corrected chi connectivity index (χ1v) is 7.19. The van der Waals surface area contributed by atoms with E-state index in [9.17, 15) is 5.11 Å². The molecule has 1 unspecified atom stereocenters. The number of hydrogen-bond donors (Lipinski definition) is 1. The van der Waals surface area contributed by atoms with E-state index in [1.165, 1.54) is 0 Å². The van der Waals surface area contributed by atoms with Crippen LogP contribution in [0.4, 0.5) is 0 Å². The van der Waals surface area contributed by atoms with E-state index in [2.05, 4.69) is 26.8 Å². The van der Waals surface area contributed by atoms with Crippen LogP contribution < -0.4 is 9.47 Å². The standard InChI is InChI=1S/C17H26O3/c1-11-9-14(20-6)12(10-13(11)19-5)17(4)8-7-15(18)16(17,2)3/h9-10,15,18H,7-8H2,1-6H3/t15?,17-/m0/s1. The Morgan fingerprint density at radius 2 is 1.70 bits per heavy atom. The molecule has 1 aromatic rings. The van der Waals surface area contributed by atoms with E-state index in [4.69, 9.17) is 9.47 Å². The molecule has 3 nitrogen and oxygen atoms in total. The first-order chi connectivity index (χ1) is 9.27. The van der Waals surface area contributed by atoms with Crippen molar-refractivity contribution >= 4 is 0 Å². The summed E-state index contributed by atoms with van der Waals surface area (Å²) in [6.45, 7) is 8.50. The van der Waals surface area contributed by atoms with Crippen LogP contribution in [-0.4, -0.2) is 25.4 Å². The monoisotopic (exact) mass is 278 g/mol. The van der Waals surface area contributed by atoms with E-state index in [0.29, 0.717) is 0 Å². The normalized spacial score (nSPS) is 28.4. The smallest absolute Gasteiger partial charge is 0.123 e. The summed E-state index contributed by atoms with van der Waals surface area (Å²) in [6.07, 6.45) is 1.48. The Kier molecular flexibility index (Phi) is 3.76. The topological polar surface area (TPSA) is 38.7 Å². The quantitative estimate of drug-likeness (QED) is 0.920. The van der Waals surface area contributed by atoms with Crippen molar-refractivity contribution in [3.8, 4) is 11.5 Å². The van der Waals surface area contributed by atoms with Gasteiger partial charge in [0.2, 0.25) is 0 Å². The van der Waals surface area contributed by atoms with Gasteiger partial charge in [-0.15, -0.1) is 0 Å². The van der Waals surface area contributed by atoms with Gasteiger partial charge in [-0.25, -0.2) is 0 Å². The van der Waals surface area contributed by atoms with Gasteiger partial charge in [0, 0.05) is 16.4 Å². The van der Waals surface area contributed by atoms with E-state index >= 15 is 0 Å². The zero-order chi connectivity index (χ0) is 15.1. The molecule has 0 radical (unpaired) electrons. The third kappa shape index (κ3) is 1.99. The minimum Gasteiger partial charge on any atom is -0.496 e. The van der Waals surface area contributed by atoms with Gasteiger partial charge < -0.3 is 14.6 Å². The molecule has 0 spiro atoms. The van der Waals surface area contributed by atoms with Gasteiger partial charge in [-0.05, 0) is 37.5 Å². The predicted octanol–water partition coefficient (Wildman–Crippen LogP) is 3.45. The van der Waals surface area contributed by atoms with Crippen molar-refractivity contribution in [2.45, 2.75) is 52.1 Å². The van der Waals surface area contributed by atoms with Crippen LogP contribution in [0.5, 0.6) is 11.5 Å². The van der Waals surface area contributed by atoms with Gasteiger partial charge in [0.25, 0.3) is 0 Å². The fraction of sp³-hybridized carbons (Fsp3) is 0.647. The number of benzene rings is 1. The van der Waals surface area contributed by atoms with Gasteiger partial charge in [-0.3, -0.25) is 0 Å². The SMILES string of the molecule is COc1cc([C@]2(C)CCC(O)C2(C)C)c(OC)cc1C. The Labute approximate surface area is 121 Å². The lowest BCUT2D eigenvalue weighted by molar-refractivity contribution is 0.0442. The number of aryl methyl sites for hydroxylation is 1. The van der Waals surface area contributed by atoms with Crippen LogP contribution in [0.2, 0.25) is 0 Å². The summed E-state index contributed by atoms with van der Waals surface area (Å²) in [5, 5.41) is 10.3. The zero-order valence-corrected chi connectivity index (χ0v) is 13.4. The van der Waals surface area contributed by atoms with E-state index in [-0.39, 0.29) is 16.9 Å². The third-order valence-electron chi connectivity index (χ3n) is 5.48. The number of rotatable bonds is 3. The molecule has 1 N–H and O–H groups in total. The van der Waals surface area contributed by atoms with Crippen molar-refractivity contribution < 1.29 is 14.6 Å². The number of aliphatic hydroxyl groups excluding tert-OH is 1. The largest absolute Gasteiger partial charge is 0.496 e. The fourth-order valence-electron chi connectivity index (χ4n) is 3.44. The van der Waals surface area contributed by atoms with Crippen molar-refractivity contribution in [3.05, 3.63) is 23.3 Å². The van der Waals surface area contributed by atoms with Crippen LogP contribution in [0.25, 0.3) is 0 Å². The highest BCUT2D eigenvalue weighted by Crippen LogP contribution is 2.56. The minimum atomic E-state index is -0.287. The summed E-state index contributed by atoms with van der Waals surface area (Å²) >= 11 is 0. The van der Waals surface area contributed by atoms with Crippen LogP contribution in [0.15, 0.2) is 12.1 Å². The molecule has 0 bridgehead atoms. The maximum absolute atomic E-state index is 10.3. The molecule has 1 fully saturated rings. The second-order valence-corrected chi connectivity index (χ2v) is 6.63. The number of aliphatic hydroxyl groups is 1. The van der Waals surface area contributed by atoms with E-state index in [0.717, 1.165) is 35.5 Å². The van der Waals surface area contributed by atoms with Crippen LogP contribution in [0, 0.1) is 12.3 Å². The van der Waals surface area contributed by atoms with Crippen molar-refractivity contribution in [3.63, 3.8) is 0 Å². The average molecular weight is 278 g/mol. The molecular weight excluding hydrogens is 252 g/mol. The van der Waals surface area contributed by atoms with Gasteiger partial charge >= 0.3 is 0 Å². The molecule has 3 heteroatoms. The number of methoxy groups -OCH3 is 2. The van der Waals surface area contributed by atoms with Crippen LogP contribution >= 0.6 is 0 Å². The minimum absolute atomic E-state index is 0.126. The summed E-state index contributed by atoms with van der Waals surface area (Å²) in [5.41, 5.74) is 1.87. The molecule has 112 valence electrons. The molecule has 1 aliphatic rings. The van der Waals surface area contributed by atoms with Gasteiger partial charge in [0.1, 0.15) is 11.5 Å². The fourth-order valence-corrected chi connectivity index (χ4v) is 3.44. The lowest BCUT2D eigenvalue weighted by Gasteiger charge is -2.41. The second kappa shape index (κ2) is 4.96. The predicted molar refractivity (Wildman–Crippen MR) is 80.7 cm³/mol. The molecule has 0 amide bonds. The van der Waals surface area contributed by atoms with Crippen molar-refractivity contribution in [1.29, 1.82) is 0 Å². The number of ether oxygens (including phenoxy) is 2. The lowest BCUT2D eigenvalue weighted by Crippen LogP contribution is -2.40. The van der Waals surface area contributed by atoms with E-state index < -0.39 is 0 Å². The Bertz CT molecular complexity index is 507. The van der Waals surface area contributed by atoms with Crippen molar-refractivity contribution in [2.75, 3.05) is 14.2 Å². The summed E-state index contributed by atoms with van der Waals surface area (Å²) in [6, 6.07) is 4.11. The highest BCUT2D eigenvalue weighted by Gasteiger charge is 2.53. The van der Waals surface area contributed by atoms with Gasteiger partial charge in [-0.2, -0.15) is 0 Å². The van der Waals surface area contributed by atoms with Crippen LogP contribution in [0.1, 0.15) is 44.7 Å². The highest BCUT2D eigenvalue weighted by molar-refractivity contribution is 5.50. The number of hydrogen-bond acceptors (Lipinski definition) is 3. The summed E-state index contributed by atoms with van der Waals surface area (Å²) < 4.78 is 11.1. The molecule has 1 aliphatic carbocycles. The second-order valence-electron chi connectivity index (χ2n) is 6.63. The molecular formula is C17H26O3. The maximum Gasteiger partial charge on any atom is 0.123 e. The Morgan fingerprint density at radius 3 is 2.15 bits per heavy atom. The third-order valence-corrected chi connectivity index (χ3v) is 5.48. The van der Waals surface area contributed by atoms with Crippen molar-refractivity contribution in [1.82, 2.24) is 0 Å². The van der Waals surface area contributed by atoms with Crippen LogP contribution in [-0.2, 0) is 5.41 Å². The summed E-state index contributed by atoms with van der Waals surface area (Å²) in [5.74, 6) is 1.76. The molecule has 0 heterocycles. The molecule has 0 aromatic heterocycles. The van der Waals surface area contributed by atoms with Crippen molar-refractivity contribution in [2.24, 2.45) is 5.41 Å². The molecule has 0 saturated heterocycles. The highest BCUT2D eigenvalue weighted by atomic mass is 16.5. The van der Waals surface area contributed by atoms with E-state index in [1.807, 2.05) is 13.0 Å². The van der Waals surface area contributed by atoms with Crippen LogP contribution in [0.3, 0.4) is 0 Å². The molecule has 2 rings (SSSR count). The Hall–Kier alpha value is -1.22. The zero-order valence-electron chi connectivity index (χ0n) is 13.4. The van der Waals surface area contributed by atoms with Gasteiger partial charge in [0.15, 0.2) is 0 Å².